The van der Waals surface area contributed by atoms with E-state index >= 15 is 0 Å². The number of methoxy groups -OCH3 is 1. The summed E-state index contributed by atoms with van der Waals surface area (Å²) in [6, 6.07) is 12.8. The van der Waals surface area contributed by atoms with E-state index in [1.165, 1.54) is 7.11 Å². The average molecular weight is 329 g/mol. The molecule has 0 spiro atoms. The number of amides is 1. The highest BCUT2D eigenvalue weighted by Crippen LogP contribution is 2.26. The van der Waals surface area contributed by atoms with Crippen LogP contribution in [-0.4, -0.2) is 24.7 Å². The van der Waals surface area contributed by atoms with E-state index in [-0.39, 0.29) is 11.7 Å². The lowest BCUT2D eigenvalue weighted by atomic mass is 10.1. The molecule has 0 aliphatic rings. The molecule has 0 heterocycles. The van der Waals surface area contributed by atoms with Crippen LogP contribution >= 0.6 is 0 Å². The van der Waals surface area contributed by atoms with E-state index in [1.54, 1.807) is 12.1 Å². The van der Waals surface area contributed by atoms with E-state index in [0.29, 0.717) is 31.7 Å². The van der Waals surface area contributed by atoms with Crippen molar-refractivity contribution in [1.82, 2.24) is 5.32 Å². The number of nitrogens with one attached hydrogen (secondary N) is 1. The second kappa shape index (κ2) is 8.82. The zero-order valence-electron chi connectivity index (χ0n) is 14.0. The van der Waals surface area contributed by atoms with Crippen molar-refractivity contribution >= 4 is 5.91 Å². The smallest absolute Gasteiger partial charge is 0.220 e. The van der Waals surface area contributed by atoms with Crippen molar-refractivity contribution in [1.29, 1.82) is 0 Å². The normalized spacial score (nSPS) is 10.2. The van der Waals surface area contributed by atoms with Gasteiger partial charge in [-0.25, -0.2) is 0 Å². The standard InChI is InChI=1S/C19H23NO4/c1-3-24-16-6-4-5-15(11-16)13-20-19(22)10-8-14-7-9-18(23-2)17(21)12-14/h4-7,9,11-12,21H,3,8,10,13H2,1-2H3,(H,20,22). The summed E-state index contributed by atoms with van der Waals surface area (Å²) in [7, 11) is 1.50. The number of hydrogen-bond acceptors (Lipinski definition) is 4. The largest absolute Gasteiger partial charge is 0.504 e. The Morgan fingerprint density at radius 2 is 2.00 bits per heavy atom. The number of benzene rings is 2. The summed E-state index contributed by atoms with van der Waals surface area (Å²) >= 11 is 0. The summed E-state index contributed by atoms with van der Waals surface area (Å²) in [5.41, 5.74) is 1.89. The molecule has 0 radical (unpaired) electrons. The first-order valence-corrected chi connectivity index (χ1v) is 7.96. The number of ether oxygens (including phenoxy) is 2. The summed E-state index contributed by atoms with van der Waals surface area (Å²) < 4.78 is 10.4. The molecule has 5 nitrogen and oxygen atoms in total. The van der Waals surface area contributed by atoms with E-state index in [9.17, 15) is 9.90 Å². The molecule has 1 amide bonds. The lowest BCUT2D eigenvalue weighted by Crippen LogP contribution is -2.23. The van der Waals surface area contributed by atoms with Gasteiger partial charge in [0, 0.05) is 13.0 Å². The van der Waals surface area contributed by atoms with Crippen LogP contribution < -0.4 is 14.8 Å². The predicted octanol–water partition coefficient (Wildman–Crippen LogP) is 3.05. The average Bonchev–Trinajstić information content (AvgIpc) is 2.59. The lowest BCUT2D eigenvalue weighted by Gasteiger charge is -2.09. The highest BCUT2D eigenvalue weighted by molar-refractivity contribution is 5.76. The van der Waals surface area contributed by atoms with Gasteiger partial charge in [0.15, 0.2) is 11.5 Å². The quantitative estimate of drug-likeness (QED) is 0.781. The van der Waals surface area contributed by atoms with Crippen LogP contribution in [0, 0.1) is 0 Å². The zero-order chi connectivity index (χ0) is 17.4. The SMILES string of the molecule is CCOc1cccc(CNC(=O)CCc2ccc(OC)c(O)c2)c1. The fourth-order valence-corrected chi connectivity index (χ4v) is 2.35. The van der Waals surface area contributed by atoms with Crippen molar-refractivity contribution in [2.45, 2.75) is 26.3 Å². The molecular formula is C19H23NO4. The number of rotatable bonds is 8. The molecule has 5 heteroatoms. The van der Waals surface area contributed by atoms with Gasteiger partial charge in [-0.15, -0.1) is 0 Å². The predicted molar refractivity (Wildman–Crippen MR) is 92.4 cm³/mol. The van der Waals surface area contributed by atoms with E-state index < -0.39 is 0 Å². The Balaban J connectivity index is 1.81. The molecule has 0 bridgehead atoms. The van der Waals surface area contributed by atoms with Crippen LogP contribution in [0.5, 0.6) is 17.2 Å². The molecule has 0 unspecified atom stereocenters. The van der Waals surface area contributed by atoms with Gasteiger partial charge in [-0.1, -0.05) is 18.2 Å². The maximum absolute atomic E-state index is 12.0. The Morgan fingerprint density at radius 3 is 2.71 bits per heavy atom. The van der Waals surface area contributed by atoms with Gasteiger partial charge in [0.1, 0.15) is 5.75 Å². The third-order valence-corrected chi connectivity index (χ3v) is 3.58. The highest BCUT2D eigenvalue weighted by atomic mass is 16.5. The summed E-state index contributed by atoms with van der Waals surface area (Å²) in [5.74, 6) is 1.28. The van der Waals surface area contributed by atoms with Crippen LogP contribution in [0.2, 0.25) is 0 Å². The molecular weight excluding hydrogens is 306 g/mol. The lowest BCUT2D eigenvalue weighted by molar-refractivity contribution is -0.121. The maximum Gasteiger partial charge on any atom is 0.220 e. The van der Waals surface area contributed by atoms with Crippen LogP contribution in [0.15, 0.2) is 42.5 Å². The fourth-order valence-electron chi connectivity index (χ4n) is 2.35. The van der Waals surface area contributed by atoms with Crippen molar-refractivity contribution < 1.29 is 19.4 Å². The minimum atomic E-state index is -0.0351. The maximum atomic E-state index is 12.0. The fraction of sp³-hybridized carbons (Fsp3) is 0.316. The van der Waals surface area contributed by atoms with Crippen molar-refractivity contribution in [3.63, 3.8) is 0 Å². The molecule has 2 N–H and O–H groups in total. The third kappa shape index (κ3) is 5.19. The summed E-state index contributed by atoms with van der Waals surface area (Å²) in [6.07, 6.45) is 0.916. The summed E-state index contributed by atoms with van der Waals surface area (Å²) in [5, 5.41) is 12.6. The van der Waals surface area contributed by atoms with Gasteiger partial charge in [0.25, 0.3) is 0 Å². The van der Waals surface area contributed by atoms with Crippen LogP contribution in [0.25, 0.3) is 0 Å². The molecule has 2 rings (SSSR count). The number of phenolic OH excluding ortho intramolecular Hbond substituents is 1. The van der Waals surface area contributed by atoms with Crippen LogP contribution in [0.3, 0.4) is 0 Å². The number of phenols is 1. The zero-order valence-corrected chi connectivity index (χ0v) is 14.0. The van der Waals surface area contributed by atoms with E-state index in [2.05, 4.69) is 5.32 Å². The second-order valence-corrected chi connectivity index (χ2v) is 5.36. The molecule has 0 saturated heterocycles. The first-order valence-electron chi connectivity index (χ1n) is 7.96. The molecule has 0 aliphatic heterocycles. The number of hydrogen-bond donors (Lipinski definition) is 2. The van der Waals surface area contributed by atoms with Gasteiger partial charge in [0.05, 0.1) is 13.7 Å². The van der Waals surface area contributed by atoms with E-state index in [1.807, 2.05) is 37.3 Å². The Hall–Kier alpha value is -2.69. The molecule has 0 aliphatic carbocycles. The Kier molecular flexibility index (Phi) is 6.49. The van der Waals surface area contributed by atoms with Gasteiger partial charge < -0.3 is 19.9 Å². The van der Waals surface area contributed by atoms with Crippen LogP contribution in [-0.2, 0) is 17.8 Å². The molecule has 24 heavy (non-hydrogen) atoms. The second-order valence-electron chi connectivity index (χ2n) is 5.36. The number of carbonyl (C=O) groups is 1. The van der Waals surface area contributed by atoms with Crippen molar-refractivity contribution in [3.05, 3.63) is 53.6 Å². The van der Waals surface area contributed by atoms with Gasteiger partial charge >= 0.3 is 0 Å². The molecule has 2 aromatic rings. The number of carbonyl (C=O) groups excluding carboxylic acids is 1. The van der Waals surface area contributed by atoms with E-state index in [0.717, 1.165) is 16.9 Å². The van der Waals surface area contributed by atoms with Crippen molar-refractivity contribution in [2.75, 3.05) is 13.7 Å². The Bertz CT molecular complexity index is 685. The minimum absolute atomic E-state index is 0.0351. The number of aryl methyl sites for hydroxylation is 1. The molecule has 128 valence electrons. The molecule has 0 fully saturated rings. The summed E-state index contributed by atoms with van der Waals surface area (Å²) in [6.45, 7) is 3.02. The number of aromatic hydroxyl groups is 1. The summed E-state index contributed by atoms with van der Waals surface area (Å²) in [4.78, 5) is 12.0. The van der Waals surface area contributed by atoms with Gasteiger partial charge in [-0.05, 0) is 48.7 Å². The first kappa shape index (κ1) is 17.7. The topological polar surface area (TPSA) is 67.8 Å². The highest BCUT2D eigenvalue weighted by Gasteiger charge is 2.06. The third-order valence-electron chi connectivity index (χ3n) is 3.58. The molecule has 0 saturated carbocycles. The van der Waals surface area contributed by atoms with Gasteiger partial charge in [0.2, 0.25) is 5.91 Å². The van der Waals surface area contributed by atoms with Crippen molar-refractivity contribution in [3.8, 4) is 17.2 Å². The Morgan fingerprint density at radius 1 is 1.17 bits per heavy atom. The minimum Gasteiger partial charge on any atom is -0.504 e. The Labute approximate surface area is 142 Å². The van der Waals surface area contributed by atoms with Crippen molar-refractivity contribution in [2.24, 2.45) is 0 Å². The van der Waals surface area contributed by atoms with Crippen LogP contribution in [0.1, 0.15) is 24.5 Å². The molecule has 0 aromatic heterocycles. The first-order chi connectivity index (χ1) is 11.6. The van der Waals surface area contributed by atoms with E-state index in [4.69, 9.17) is 9.47 Å². The molecule has 0 atom stereocenters. The monoisotopic (exact) mass is 329 g/mol. The van der Waals surface area contributed by atoms with Crippen LogP contribution in [0.4, 0.5) is 0 Å². The molecule has 2 aromatic carbocycles. The van der Waals surface area contributed by atoms with Gasteiger partial charge in [-0.2, -0.15) is 0 Å². The van der Waals surface area contributed by atoms with Gasteiger partial charge in [-0.3, -0.25) is 4.79 Å².